The van der Waals surface area contributed by atoms with E-state index in [-0.39, 0.29) is 1.43 Å². The zero-order valence-electron chi connectivity index (χ0n) is 9.46. The first-order valence-electron chi connectivity index (χ1n) is 4.33. The van der Waals surface area contributed by atoms with Crippen LogP contribution in [-0.4, -0.2) is 25.6 Å². The van der Waals surface area contributed by atoms with E-state index in [0.717, 1.165) is 11.0 Å². The lowest BCUT2D eigenvalue weighted by Crippen LogP contribution is -2.33. The predicted molar refractivity (Wildman–Crippen MR) is 54.0 cm³/mol. The Hall–Kier alpha value is -0.820. The summed E-state index contributed by atoms with van der Waals surface area (Å²) in [5, 5.41) is 0. The minimum absolute atomic E-state index is 0. The second kappa shape index (κ2) is 3.28. The molecule has 0 aliphatic rings. The highest BCUT2D eigenvalue weighted by Crippen LogP contribution is 2.07. The zero-order valence-corrected chi connectivity index (χ0v) is 8.46. The van der Waals surface area contributed by atoms with E-state index in [1.54, 1.807) is 0 Å². The van der Waals surface area contributed by atoms with Crippen molar-refractivity contribution in [1.82, 2.24) is 0 Å². The number of rotatable bonds is 2. The van der Waals surface area contributed by atoms with Gasteiger partial charge in [-0.25, -0.2) is 0 Å². The maximum Gasteiger partial charge on any atom is 1.00 e. The van der Waals surface area contributed by atoms with Gasteiger partial charge in [-0.1, -0.05) is 29.8 Å². The molecule has 0 radical (unpaired) electrons. The summed E-state index contributed by atoms with van der Waals surface area (Å²) < 4.78 is 0.989. The Balaban J connectivity index is 0.00000144. The zero-order chi connectivity index (χ0) is 9.19. The molecular formula is C11H19N+2. The van der Waals surface area contributed by atoms with Crippen molar-refractivity contribution in [3.8, 4) is 0 Å². The summed E-state index contributed by atoms with van der Waals surface area (Å²) in [6.45, 7) is 3.22. The molecule has 0 aliphatic heterocycles. The lowest BCUT2D eigenvalue weighted by Gasteiger charge is -2.23. The van der Waals surface area contributed by atoms with Gasteiger partial charge >= 0.3 is 1.43 Å². The van der Waals surface area contributed by atoms with E-state index < -0.39 is 0 Å². The Morgan fingerprint density at radius 1 is 1.08 bits per heavy atom. The van der Waals surface area contributed by atoms with Crippen LogP contribution in [0.3, 0.4) is 0 Å². The van der Waals surface area contributed by atoms with Crippen molar-refractivity contribution in [3.63, 3.8) is 0 Å². The summed E-state index contributed by atoms with van der Waals surface area (Å²) in [6.07, 6.45) is 0. The molecule has 1 nitrogen and oxygen atoms in total. The molecule has 66 valence electrons. The number of hydrogen-bond acceptors (Lipinski definition) is 0. The summed E-state index contributed by atoms with van der Waals surface area (Å²) in [7, 11) is 6.62. The third kappa shape index (κ3) is 3.05. The Kier molecular flexibility index (Phi) is 2.53. The summed E-state index contributed by atoms with van der Waals surface area (Å²) in [5.74, 6) is 0. The molecule has 0 saturated carbocycles. The molecule has 0 N–H and O–H groups in total. The molecule has 0 amide bonds. The van der Waals surface area contributed by atoms with Gasteiger partial charge in [-0.3, -0.25) is 0 Å². The Morgan fingerprint density at radius 3 is 2.00 bits per heavy atom. The number of nitrogens with zero attached hydrogens (tertiary/aromatic N) is 1. The fraction of sp³-hybridized carbons (Fsp3) is 0.455. The second-order valence-corrected chi connectivity index (χ2v) is 4.43. The molecule has 0 saturated heterocycles. The van der Waals surface area contributed by atoms with Gasteiger partial charge in [0.25, 0.3) is 0 Å². The van der Waals surface area contributed by atoms with Crippen molar-refractivity contribution in [2.24, 2.45) is 0 Å². The number of aryl methyl sites for hydroxylation is 1. The average Bonchev–Trinajstić information content (AvgIpc) is 1.91. The Bertz CT molecular complexity index is 246. The third-order valence-corrected chi connectivity index (χ3v) is 1.78. The van der Waals surface area contributed by atoms with Crippen LogP contribution in [0.1, 0.15) is 12.6 Å². The molecule has 1 rings (SSSR count). The quantitative estimate of drug-likeness (QED) is 0.590. The molecule has 0 aromatic heterocycles. The van der Waals surface area contributed by atoms with Crippen LogP contribution in [0.25, 0.3) is 0 Å². The van der Waals surface area contributed by atoms with Crippen LogP contribution in [0, 0.1) is 6.92 Å². The van der Waals surface area contributed by atoms with Crippen LogP contribution < -0.4 is 0 Å². The topological polar surface area (TPSA) is 0 Å². The monoisotopic (exact) mass is 165 g/mol. The lowest BCUT2D eigenvalue weighted by molar-refractivity contribution is -0.884. The fourth-order valence-electron chi connectivity index (χ4n) is 1.24. The van der Waals surface area contributed by atoms with Crippen molar-refractivity contribution in [2.75, 3.05) is 21.1 Å². The first-order chi connectivity index (χ1) is 5.47. The molecule has 0 unspecified atom stereocenters. The van der Waals surface area contributed by atoms with Crippen LogP contribution in [0.2, 0.25) is 0 Å². The van der Waals surface area contributed by atoms with Crippen LogP contribution in [0.4, 0.5) is 0 Å². The van der Waals surface area contributed by atoms with Crippen molar-refractivity contribution in [2.45, 2.75) is 13.5 Å². The van der Waals surface area contributed by atoms with Gasteiger partial charge in [-0.2, -0.15) is 0 Å². The highest BCUT2D eigenvalue weighted by molar-refractivity contribution is 5.20. The molecule has 1 aromatic carbocycles. The Labute approximate surface area is 76.7 Å². The third-order valence-electron chi connectivity index (χ3n) is 1.78. The van der Waals surface area contributed by atoms with Crippen LogP contribution in [0.5, 0.6) is 0 Å². The van der Waals surface area contributed by atoms with Crippen molar-refractivity contribution in [1.29, 1.82) is 0 Å². The summed E-state index contributed by atoms with van der Waals surface area (Å²) in [6, 6.07) is 8.76. The smallest absolute Gasteiger partial charge is 0.327 e. The van der Waals surface area contributed by atoms with Crippen molar-refractivity contribution >= 4 is 0 Å². The van der Waals surface area contributed by atoms with E-state index in [4.69, 9.17) is 0 Å². The van der Waals surface area contributed by atoms with Crippen molar-refractivity contribution in [3.05, 3.63) is 35.4 Å². The maximum absolute atomic E-state index is 2.21. The number of hydrogen-bond donors (Lipinski definition) is 0. The number of quaternary nitrogens is 1. The average molecular weight is 165 g/mol. The number of benzene rings is 1. The molecule has 0 bridgehead atoms. The largest absolute Gasteiger partial charge is 1.00 e. The molecule has 12 heavy (non-hydrogen) atoms. The molecule has 1 heteroatoms. The van der Waals surface area contributed by atoms with E-state index in [9.17, 15) is 0 Å². The van der Waals surface area contributed by atoms with E-state index in [1.165, 1.54) is 11.1 Å². The molecule has 0 aliphatic carbocycles. The first-order valence-corrected chi connectivity index (χ1v) is 4.33. The van der Waals surface area contributed by atoms with E-state index in [1.807, 2.05) is 0 Å². The standard InChI is InChI=1S/C11H18N/c1-10-5-7-11(8-6-10)9-12(2,3)4/h5-8H,9H2,1-4H3/q+1/p+1. The highest BCUT2D eigenvalue weighted by atomic mass is 15.3. The Morgan fingerprint density at radius 2 is 1.58 bits per heavy atom. The molecular weight excluding hydrogens is 146 g/mol. The minimum atomic E-state index is 0. The molecule has 0 atom stereocenters. The summed E-state index contributed by atoms with van der Waals surface area (Å²) in [4.78, 5) is 0. The van der Waals surface area contributed by atoms with Gasteiger partial charge in [-0.15, -0.1) is 0 Å². The van der Waals surface area contributed by atoms with Crippen LogP contribution in [0.15, 0.2) is 24.3 Å². The molecule has 1 aromatic rings. The van der Waals surface area contributed by atoms with Crippen LogP contribution >= 0.6 is 0 Å². The minimum Gasteiger partial charge on any atom is -0.327 e. The summed E-state index contributed by atoms with van der Waals surface area (Å²) >= 11 is 0. The second-order valence-electron chi connectivity index (χ2n) is 4.43. The van der Waals surface area contributed by atoms with Gasteiger partial charge in [0.2, 0.25) is 0 Å². The van der Waals surface area contributed by atoms with Gasteiger partial charge < -0.3 is 4.48 Å². The lowest BCUT2D eigenvalue weighted by atomic mass is 10.1. The van der Waals surface area contributed by atoms with E-state index >= 15 is 0 Å². The van der Waals surface area contributed by atoms with E-state index in [2.05, 4.69) is 52.3 Å². The molecule has 0 spiro atoms. The fourth-order valence-corrected chi connectivity index (χ4v) is 1.24. The van der Waals surface area contributed by atoms with Gasteiger partial charge in [0, 0.05) is 5.56 Å². The van der Waals surface area contributed by atoms with Gasteiger partial charge in [-0.05, 0) is 6.92 Å². The normalized spacial score (nSPS) is 11.7. The summed E-state index contributed by atoms with van der Waals surface area (Å²) in [5.41, 5.74) is 2.74. The highest BCUT2D eigenvalue weighted by Gasteiger charge is 2.07. The first kappa shape index (κ1) is 9.27. The predicted octanol–water partition coefficient (Wildman–Crippen LogP) is 2.31. The molecule has 0 fully saturated rings. The van der Waals surface area contributed by atoms with Gasteiger partial charge in [0.1, 0.15) is 6.54 Å². The van der Waals surface area contributed by atoms with Gasteiger partial charge in [0.05, 0.1) is 21.1 Å². The van der Waals surface area contributed by atoms with Crippen LogP contribution in [-0.2, 0) is 6.54 Å². The van der Waals surface area contributed by atoms with Gasteiger partial charge in [0.15, 0.2) is 0 Å². The SMILES string of the molecule is Cc1ccc(C[N+](C)(C)C)cc1.[H+]. The van der Waals surface area contributed by atoms with E-state index in [0.29, 0.717) is 0 Å². The maximum atomic E-state index is 2.21. The molecule has 0 heterocycles. The van der Waals surface area contributed by atoms with Crippen molar-refractivity contribution < 1.29 is 5.91 Å².